The molecule has 1 aromatic heterocycles. The lowest BCUT2D eigenvalue weighted by Gasteiger charge is -2.31. The minimum atomic E-state index is -0.0275. The van der Waals surface area contributed by atoms with Gasteiger partial charge in [-0.1, -0.05) is 6.07 Å². The Balaban J connectivity index is 1.49. The molecule has 1 N–H and O–H groups in total. The number of aromatic nitrogens is 1. The normalized spacial score (nSPS) is 22.0. The molecule has 0 aromatic carbocycles. The van der Waals surface area contributed by atoms with Crippen molar-refractivity contribution < 1.29 is 9.53 Å². The second-order valence-corrected chi connectivity index (χ2v) is 6.36. The predicted octanol–water partition coefficient (Wildman–Crippen LogP) is 2.00. The largest absolute Gasteiger partial charge is 0.375 e. The van der Waals surface area contributed by atoms with Gasteiger partial charge in [-0.15, -0.1) is 0 Å². The van der Waals surface area contributed by atoms with Gasteiger partial charge >= 0.3 is 6.03 Å². The summed E-state index contributed by atoms with van der Waals surface area (Å²) < 4.78 is 5.46. The summed E-state index contributed by atoms with van der Waals surface area (Å²) in [6.07, 6.45) is 5.79. The fraction of sp³-hybridized carbons (Fsp3) is 0.647. The van der Waals surface area contributed by atoms with Crippen LogP contribution in [0.5, 0.6) is 0 Å². The Morgan fingerprint density at radius 3 is 2.83 bits per heavy atom. The fourth-order valence-electron chi connectivity index (χ4n) is 3.12. The summed E-state index contributed by atoms with van der Waals surface area (Å²) in [5.74, 6) is 1.04. The van der Waals surface area contributed by atoms with Crippen LogP contribution in [0.2, 0.25) is 0 Å². The van der Waals surface area contributed by atoms with Crippen molar-refractivity contribution in [2.45, 2.75) is 38.8 Å². The molecule has 1 atom stereocenters. The lowest BCUT2D eigenvalue weighted by atomic mass is 10.1. The highest BCUT2D eigenvalue weighted by Gasteiger charge is 2.21. The zero-order valence-corrected chi connectivity index (χ0v) is 13.8. The van der Waals surface area contributed by atoms with E-state index in [1.807, 2.05) is 18.0 Å². The molecule has 6 nitrogen and oxygen atoms in total. The molecule has 0 radical (unpaired) electrons. The van der Waals surface area contributed by atoms with E-state index in [4.69, 9.17) is 4.74 Å². The van der Waals surface area contributed by atoms with Gasteiger partial charge in [-0.3, -0.25) is 0 Å². The van der Waals surface area contributed by atoms with E-state index in [0.717, 1.165) is 24.5 Å². The Morgan fingerprint density at radius 1 is 1.30 bits per heavy atom. The molecule has 2 amide bonds. The second kappa shape index (κ2) is 7.64. The van der Waals surface area contributed by atoms with E-state index < -0.39 is 0 Å². The molecule has 0 spiro atoms. The quantitative estimate of drug-likeness (QED) is 0.926. The molecule has 0 unspecified atom stereocenters. The monoisotopic (exact) mass is 318 g/mol. The maximum Gasteiger partial charge on any atom is 0.317 e. The van der Waals surface area contributed by atoms with E-state index in [1.165, 1.54) is 19.3 Å². The van der Waals surface area contributed by atoms with Crippen LogP contribution in [-0.4, -0.2) is 54.8 Å². The minimum absolute atomic E-state index is 0.0275. The maximum atomic E-state index is 12.2. The first-order valence-corrected chi connectivity index (χ1v) is 8.56. The zero-order valence-electron chi connectivity index (χ0n) is 13.8. The highest BCUT2D eigenvalue weighted by molar-refractivity contribution is 5.74. The third kappa shape index (κ3) is 4.34. The number of urea groups is 1. The van der Waals surface area contributed by atoms with Crippen molar-refractivity contribution in [1.29, 1.82) is 0 Å². The number of carbonyl (C=O) groups is 1. The number of anilines is 1. The molecular formula is C17H26N4O2. The number of nitrogens with zero attached hydrogens (tertiary/aromatic N) is 3. The number of pyridine rings is 1. The van der Waals surface area contributed by atoms with Gasteiger partial charge < -0.3 is 19.9 Å². The molecule has 2 saturated heterocycles. The Bertz CT molecular complexity index is 514. The summed E-state index contributed by atoms with van der Waals surface area (Å²) in [5, 5.41) is 2.97. The first-order chi connectivity index (χ1) is 11.2. The molecule has 0 aliphatic carbocycles. The summed E-state index contributed by atoms with van der Waals surface area (Å²) in [5.41, 5.74) is 1.03. The molecule has 2 fully saturated rings. The van der Waals surface area contributed by atoms with E-state index in [0.29, 0.717) is 26.2 Å². The van der Waals surface area contributed by atoms with Gasteiger partial charge in [0.1, 0.15) is 5.82 Å². The van der Waals surface area contributed by atoms with Crippen LogP contribution in [-0.2, 0) is 11.3 Å². The molecule has 23 heavy (non-hydrogen) atoms. The van der Waals surface area contributed by atoms with Crippen molar-refractivity contribution in [3.8, 4) is 0 Å². The molecule has 2 aliphatic heterocycles. The van der Waals surface area contributed by atoms with E-state index in [9.17, 15) is 4.79 Å². The first kappa shape index (κ1) is 16.1. The summed E-state index contributed by atoms with van der Waals surface area (Å²) in [6, 6.07) is 4.09. The summed E-state index contributed by atoms with van der Waals surface area (Å²) in [6.45, 7) is 6.61. The predicted molar refractivity (Wildman–Crippen MR) is 89.5 cm³/mol. The van der Waals surface area contributed by atoms with Gasteiger partial charge in [0.2, 0.25) is 0 Å². The van der Waals surface area contributed by atoms with Crippen LogP contribution in [0, 0.1) is 0 Å². The fourth-order valence-corrected chi connectivity index (χ4v) is 3.12. The maximum absolute atomic E-state index is 12.2. The molecule has 0 bridgehead atoms. The van der Waals surface area contributed by atoms with E-state index in [2.05, 4.69) is 27.3 Å². The third-order valence-corrected chi connectivity index (χ3v) is 4.46. The van der Waals surface area contributed by atoms with Crippen molar-refractivity contribution in [3.05, 3.63) is 23.9 Å². The summed E-state index contributed by atoms with van der Waals surface area (Å²) in [7, 11) is 0. The standard InChI is InChI=1S/C17H26N4O2/c1-14-13-21(9-10-23-14)17(22)19-12-15-5-6-16(18-11-15)20-7-3-2-4-8-20/h5-6,11,14H,2-4,7-10,12-13H2,1H3,(H,19,22)/t14-/m0/s1. The first-order valence-electron chi connectivity index (χ1n) is 8.56. The molecular weight excluding hydrogens is 292 g/mol. The SMILES string of the molecule is C[C@H]1CN(C(=O)NCc2ccc(N3CCCCC3)nc2)CCO1. The zero-order chi connectivity index (χ0) is 16.1. The second-order valence-electron chi connectivity index (χ2n) is 6.36. The highest BCUT2D eigenvalue weighted by atomic mass is 16.5. The summed E-state index contributed by atoms with van der Waals surface area (Å²) >= 11 is 0. The number of piperidine rings is 1. The number of morpholine rings is 1. The number of hydrogen-bond acceptors (Lipinski definition) is 4. The average molecular weight is 318 g/mol. The van der Waals surface area contributed by atoms with Gasteiger partial charge in [-0.05, 0) is 37.8 Å². The molecule has 6 heteroatoms. The Kier molecular flexibility index (Phi) is 5.33. The number of carbonyl (C=O) groups excluding carboxylic acids is 1. The molecule has 2 aliphatic rings. The molecule has 1 aromatic rings. The van der Waals surface area contributed by atoms with Crippen molar-refractivity contribution in [1.82, 2.24) is 15.2 Å². The van der Waals surface area contributed by atoms with Crippen molar-refractivity contribution in [2.75, 3.05) is 37.7 Å². The van der Waals surface area contributed by atoms with Gasteiger partial charge in [0.05, 0.1) is 12.7 Å². The van der Waals surface area contributed by atoms with Crippen LogP contribution in [0.1, 0.15) is 31.7 Å². The lowest BCUT2D eigenvalue weighted by Crippen LogP contribution is -2.48. The molecule has 3 rings (SSSR count). The van der Waals surface area contributed by atoms with E-state index in [1.54, 1.807) is 0 Å². The topological polar surface area (TPSA) is 57.7 Å². The van der Waals surface area contributed by atoms with Crippen LogP contribution in [0.15, 0.2) is 18.3 Å². The number of rotatable bonds is 3. The summed E-state index contributed by atoms with van der Waals surface area (Å²) in [4.78, 5) is 20.9. The average Bonchev–Trinajstić information content (AvgIpc) is 2.61. The van der Waals surface area contributed by atoms with E-state index >= 15 is 0 Å². The number of ether oxygens (including phenoxy) is 1. The van der Waals surface area contributed by atoms with E-state index in [-0.39, 0.29) is 12.1 Å². The van der Waals surface area contributed by atoms with Crippen LogP contribution in [0.4, 0.5) is 10.6 Å². The Hall–Kier alpha value is -1.82. The number of hydrogen-bond donors (Lipinski definition) is 1. The van der Waals surface area contributed by atoms with Crippen LogP contribution < -0.4 is 10.2 Å². The van der Waals surface area contributed by atoms with Gasteiger partial charge in [0.15, 0.2) is 0 Å². The number of amides is 2. The van der Waals surface area contributed by atoms with Crippen LogP contribution in [0.3, 0.4) is 0 Å². The lowest BCUT2D eigenvalue weighted by molar-refractivity contribution is -0.00351. The van der Waals surface area contributed by atoms with Crippen LogP contribution in [0.25, 0.3) is 0 Å². The minimum Gasteiger partial charge on any atom is -0.375 e. The molecule has 126 valence electrons. The van der Waals surface area contributed by atoms with Gasteiger partial charge in [0.25, 0.3) is 0 Å². The van der Waals surface area contributed by atoms with Crippen LogP contribution >= 0.6 is 0 Å². The smallest absolute Gasteiger partial charge is 0.317 e. The van der Waals surface area contributed by atoms with Gasteiger partial charge in [-0.25, -0.2) is 9.78 Å². The van der Waals surface area contributed by atoms with Crippen molar-refractivity contribution >= 4 is 11.8 Å². The van der Waals surface area contributed by atoms with Crippen molar-refractivity contribution in [3.63, 3.8) is 0 Å². The van der Waals surface area contributed by atoms with Gasteiger partial charge in [-0.2, -0.15) is 0 Å². The number of nitrogens with one attached hydrogen (secondary N) is 1. The van der Waals surface area contributed by atoms with Crippen molar-refractivity contribution in [2.24, 2.45) is 0 Å². The highest BCUT2D eigenvalue weighted by Crippen LogP contribution is 2.17. The Labute approximate surface area is 137 Å². The van der Waals surface area contributed by atoms with Gasteiger partial charge in [0, 0.05) is 38.9 Å². The Morgan fingerprint density at radius 2 is 2.13 bits per heavy atom. The third-order valence-electron chi connectivity index (χ3n) is 4.46. The molecule has 3 heterocycles. The molecule has 0 saturated carbocycles.